The lowest BCUT2D eigenvalue weighted by molar-refractivity contribution is 0.179. The second-order valence-corrected chi connectivity index (χ2v) is 4.92. The summed E-state index contributed by atoms with van der Waals surface area (Å²) < 4.78 is 0. The van der Waals surface area contributed by atoms with Crippen molar-refractivity contribution in [3.05, 3.63) is 12.7 Å². The Kier molecular flexibility index (Phi) is 4.02. The average molecular weight is 168 g/mol. The molecule has 0 heterocycles. The summed E-state index contributed by atoms with van der Waals surface area (Å²) >= 11 is 0. The van der Waals surface area contributed by atoms with Crippen LogP contribution in [-0.4, -0.2) is 0 Å². The lowest BCUT2D eigenvalue weighted by Gasteiger charge is -2.35. The minimum Gasteiger partial charge on any atom is -0.103 e. The molecule has 72 valence electrons. The standard InChI is InChI=1S/C12H24/c1-8-12(6,7)11(5)10(4)9(2)3/h8-11H,1H2,2-7H3. The van der Waals surface area contributed by atoms with Gasteiger partial charge in [0.15, 0.2) is 0 Å². The summed E-state index contributed by atoms with van der Waals surface area (Å²) in [6, 6.07) is 0. The highest BCUT2D eigenvalue weighted by Gasteiger charge is 2.28. The molecule has 0 aromatic heterocycles. The predicted molar refractivity (Wildman–Crippen MR) is 57.1 cm³/mol. The fourth-order valence-electron chi connectivity index (χ4n) is 1.44. The van der Waals surface area contributed by atoms with E-state index in [0.717, 1.165) is 11.8 Å². The molecule has 0 aliphatic carbocycles. The van der Waals surface area contributed by atoms with Crippen molar-refractivity contribution >= 4 is 0 Å². The number of hydrogen-bond donors (Lipinski definition) is 0. The molecule has 0 aliphatic rings. The van der Waals surface area contributed by atoms with Crippen LogP contribution in [0.3, 0.4) is 0 Å². The third-order valence-electron chi connectivity index (χ3n) is 3.54. The van der Waals surface area contributed by atoms with Gasteiger partial charge in [0, 0.05) is 0 Å². The Morgan fingerprint density at radius 1 is 1.08 bits per heavy atom. The summed E-state index contributed by atoms with van der Waals surface area (Å²) in [7, 11) is 0. The molecule has 0 rings (SSSR count). The Morgan fingerprint density at radius 3 is 1.75 bits per heavy atom. The van der Waals surface area contributed by atoms with Crippen molar-refractivity contribution in [2.45, 2.75) is 41.5 Å². The molecule has 0 spiro atoms. The van der Waals surface area contributed by atoms with Crippen LogP contribution in [0.5, 0.6) is 0 Å². The number of rotatable bonds is 4. The Morgan fingerprint density at radius 2 is 1.50 bits per heavy atom. The van der Waals surface area contributed by atoms with Crippen molar-refractivity contribution in [1.29, 1.82) is 0 Å². The second kappa shape index (κ2) is 4.11. The van der Waals surface area contributed by atoms with Gasteiger partial charge >= 0.3 is 0 Å². The van der Waals surface area contributed by atoms with Gasteiger partial charge in [-0.05, 0) is 23.2 Å². The second-order valence-electron chi connectivity index (χ2n) is 4.92. The van der Waals surface area contributed by atoms with Crippen LogP contribution in [0, 0.1) is 23.2 Å². The van der Waals surface area contributed by atoms with E-state index in [1.54, 1.807) is 0 Å². The zero-order chi connectivity index (χ0) is 9.94. The Labute approximate surface area is 78.1 Å². The Hall–Kier alpha value is -0.260. The van der Waals surface area contributed by atoms with Gasteiger partial charge < -0.3 is 0 Å². The molecule has 0 saturated heterocycles. The fourth-order valence-corrected chi connectivity index (χ4v) is 1.44. The van der Waals surface area contributed by atoms with Gasteiger partial charge in [-0.3, -0.25) is 0 Å². The smallest absolute Gasteiger partial charge is 0.0149 e. The van der Waals surface area contributed by atoms with Gasteiger partial charge in [0.05, 0.1) is 0 Å². The van der Waals surface area contributed by atoms with Gasteiger partial charge in [-0.1, -0.05) is 47.6 Å². The van der Waals surface area contributed by atoms with Crippen molar-refractivity contribution < 1.29 is 0 Å². The molecule has 0 aromatic carbocycles. The SMILES string of the molecule is C=CC(C)(C)C(C)C(C)C(C)C. The maximum Gasteiger partial charge on any atom is -0.0149 e. The van der Waals surface area contributed by atoms with Crippen LogP contribution in [0.1, 0.15) is 41.5 Å². The van der Waals surface area contributed by atoms with E-state index in [2.05, 4.69) is 54.2 Å². The zero-order valence-electron chi connectivity index (χ0n) is 9.52. The minimum atomic E-state index is 0.268. The first-order valence-electron chi connectivity index (χ1n) is 4.96. The van der Waals surface area contributed by atoms with Crippen molar-refractivity contribution in [3.8, 4) is 0 Å². The van der Waals surface area contributed by atoms with E-state index < -0.39 is 0 Å². The average Bonchev–Trinajstić information content (AvgIpc) is 2.01. The molecule has 2 unspecified atom stereocenters. The fraction of sp³-hybridized carbons (Fsp3) is 0.833. The summed E-state index contributed by atoms with van der Waals surface area (Å²) in [5.41, 5.74) is 0.268. The molecule has 0 radical (unpaired) electrons. The third-order valence-corrected chi connectivity index (χ3v) is 3.54. The summed E-state index contributed by atoms with van der Waals surface area (Å²) in [6.45, 7) is 17.7. The highest BCUT2D eigenvalue weighted by atomic mass is 14.3. The maximum absolute atomic E-state index is 3.90. The molecule has 0 saturated carbocycles. The molecule has 0 aromatic rings. The van der Waals surface area contributed by atoms with Crippen LogP contribution in [0.2, 0.25) is 0 Å². The first kappa shape index (κ1) is 11.7. The number of hydrogen-bond acceptors (Lipinski definition) is 0. The third kappa shape index (κ3) is 2.66. The van der Waals surface area contributed by atoms with Crippen LogP contribution >= 0.6 is 0 Å². The molecular weight excluding hydrogens is 144 g/mol. The normalized spacial score (nSPS) is 17.6. The molecule has 0 nitrogen and oxygen atoms in total. The van der Waals surface area contributed by atoms with Crippen molar-refractivity contribution in [2.75, 3.05) is 0 Å². The molecule has 0 aliphatic heterocycles. The molecule has 12 heavy (non-hydrogen) atoms. The van der Waals surface area contributed by atoms with Crippen molar-refractivity contribution in [1.82, 2.24) is 0 Å². The van der Waals surface area contributed by atoms with Crippen molar-refractivity contribution in [2.24, 2.45) is 23.2 Å². The van der Waals surface area contributed by atoms with Crippen LogP contribution in [-0.2, 0) is 0 Å². The van der Waals surface area contributed by atoms with Gasteiger partial charge in [-0.2, -0.15) is 0 Å². The molecule has 0 amide bonds. The van der Waals surface area contributed by atoms with Crippen LogP contribution < -0.4 is 0 Å². The largest absolute Gasteiger partial charge is 0.103 e. The summed E-state index contributed by atoms with van der Waals surface area (Å²) in [6.07, 6.45) is 2.08. The topological polar surface area (TPSA) is 0 Å². The van der Waals surface area contributed by atoms with E-state index >= 15 is 0 Å². The van der Waals surface area contributed by atoms with Gasteiger partial charge in [0.2, 0.25) is 0 Å². The Bertz CT molecular complexity index is 142. The van der Waals surface area contributed by atoms with Crippen LogP contribution in [0.25, 0.3) is 0 Å². The maximum atomic E-state index is 3.90. The van der Waals surface area contributed by atoms with Gasteiger partial charge in [-0.15, -0.1) is 6.58 Å². The highest BCUT2D eigenvalue weighted by Crippen LogP contribution is 2.36. The first-order chi connectivity index (χ1) is 5.33. The molecular formula is C12H24. The Balaban J connectivity index is 4.37. The van der Waals surface area contributed by atoms with Crippen molar-refractivity contribution in [3.63, 3.8) is 0 Å². The monoisotopic (exact) mass is 168 g/mol. The minimum absolute atomic E-state index is 0.268. The summed E-state index contributed by atoms with van der Waals surface area (Å²) in [4.78, 5) is 0. The zero-order valence-corrected chi connectivity index (χ0v) is 9.52. The van der Waals surface area contributed by atoms with Crippen LogP contribution in [0.15, 0.2) is 12.7 Å². The van der Waals surface area contributed by atoms with Gasteiger partial charge in [0.25, 0.3) is 0 Å². The molecule has 2 atom stereocenters. The summed E-state index contributed by atoms with van der Waals surface area (Å²) in [5, 5.41) is 0. The molecule has 0 fully saturated rings. The lowest BCUT2D eigenvalue weighted by Crippen LogP contribution is -2.27. The van der Waals surface area contributed by atoms with E-state index in [-0.39, 0.29) is 5.41 Å². The molecule has 0 bridgehead atoms. The molecule has 0 N–H and O–H groups in total. The predicted octanol–water partition coefficient (Wildman–Crippen LogP) is 4.13. The van der Waals surface area contributed by atoms with E-state index in [1.165, 1.54) is 0 Å². The quantitative estimate of drug-likeness (QED) is 0.554. The number of allylic oxidation sites excluding steroid dienone is 1. The summed E-state index contributed by atoms with van der Waals surface area (Å²) in [5.74, 6) is 2.23. The van der Waals surface area contributed by atoms with E-state index in [4.69, 9.17) is 0 Å². The van der Waals surface area contributed by atoms with Gasteiger partial charge in [-0.25, -0.2) is 0 Å². The van der Waals surface area contributed by atoms with Crippen LogP contribution in [0.4, 0.5) is 0 Å². The van der Waals surface area contributed by atoms with E-state index in [9.17, 15) is 0 Å². The van der Waals surface area contributed by atoms with E-state index in [0.29, 0.717) is 5.92 Å². The highest BCUT2D eigenvalue weighted by molar-refractivity contribution is 4.93. The first-order valence-corrected chi connectivity index (χ1v) is 4.96. The molecule has 0 heteroatoms. The lowest BCUT2D eigenvalue weighted by atomic mass is 9.70. The van der Waals surface area contributed by atoms with Gasteiger partial charge in [0.1, 0.15) is 0 Å². The van der Waals surface area contributed by atoms with E-state index in [1.807, 2.05) is 0 Å².